The lowest BCUT2D eigenvalue weighted by molar-refractivity contribution is 0.130. The van der Waals surface area contributed by atoms with Gasteiger partial charge in [0, 0.05) is 20.1 Å². The zero-order valence-electron chi connectivity index (χ0n) is 13.0. The average Bonchev–Trinajstić information content (AvgIpc) is 3.03. The van der Waals surface area contributed by atoms with E-state index >= 15 is 0 Å². The van der Waals surface area contributed by atoms with Crippen LogP contribution in [0.5, 0.6) is 0 Å². The number of rotatable bonds is 2. The summed E-state index contributed by atoms with van der Waals surface area (Å²) in [4.78, 5) is 22.9. The van der Waals surface area contributed by atoms with E-state index in [1.54, 1.807) is 10.5 Å². The van der Waals surface area contributed by atoms with Crippen LogP contribution in [0.15, 0.2) is 12.4 Å². The number of nitrogens with zero attached hydrogens (tertiary/aromatic N) is 8. The van der Waals surface area contributed by atoms with E-state index in [4.69, 9.17) is 22.0 Å². The molecule has 1 N–H and O–H groups in total. The smallest absolute Gasteiger partial charge is 0.407 e. The maximum Gasteiger partial charge on any atom is 0.407 e. The molecule has 11 heteroatoms. The molecule has 0 aromatic carbocycles. The monoisotopic (exact) mass is 358 g/mol. The van der Waals surface area contributed by atoms with Crippen LogP contribution in [0.4, 0.5) is 10.6 Å². The summed E-state index contributed by atoms with van der Waals surface area (Å²) in [5, 5.41) is 26.4. The summed E-state index contributed by atoms with van der Waals surface area (Å²) in [5.41, 5.74) is 1.55. The number of pyridine rings is 1. The van der Waals surface area contributed by atoms with Gasteiger partial charge in [-0.1, -0.05) is 11.6 Å². The van der Waals surface area contributed by atoms with E-state index in [9.17, 15) is 4.79 Å². The minimum Gasteiger partial charge on any atom is -0.465 e. The fourth-order valence-electron chi connectivity index (χ4n) is 2.76. The number of nitriles is 1. The Bertz CT molecular complexity index is 1050. The predicted molar refractivity (Wildman–Crippen MR) is 87.6 cm³/mol. The third-order valence-electron chi connectivity index (χ3n) is 4.27. The molecule has 4 rings (SSSR count). The molecule has 0 bridgehead atoms. The molecule has 1 aliphatic heterocycles. The summed E-state index contributed by atoms with van der Waals surface area (Å²) >= 11 is 6.06. The highest BCUT2D eigenvalue weighted by molar-refractivity contribution is 6.32. The summed E-state index contributed by atoms with van der Waals surface area (Å²) in [7, 11) is 1.54. The van der Waals surface area contributed by atoms with Gasteiger partial charge in [0.15, 0.2) is 17.2 Å². The second-order valence-electron chi connectivity index (χ2n) is 5.69. The largest absolute Gasteiger partial charge is 0.465 e. The Hall–Kier alpha value is -3.19. The van der Waals surface area contributed by atoms with Gasteiger partial charge in [-0.2, -0.15) is 5.26 Å². The molecular weight excluding hydrogens is 348 g/mol. The third-order valence-corrected chi connectivity index (χ3v) is 4.56. The fourth-order valence-corrected chi connectivity index (χ4v) is 2.95. The number of aromatic nitrogens is 5. The van der Waals surface area contributed by atoms with Crippen molar-refractivity contribution in [2.75, 3.05) is 25.0 Å². The molecule has 0 spiro atoms. The minimum absolute atomic E-state index is 0.0899. The van der Waals surface area contributed by atoms with Crippen LogP contribution in [-0.2, 0) is 0 Å². The molecule has 10 nitrogen and oxygen atoms in total. The Kier molecular flexibility index (Phi) is 3.33. The normalized spacial score (nSPS) is 14.5. The number of carboxylic acid groups (broad SMARTS) is 1. The van der Waals surface area contributed by atoms with E-state index < -0.39 is 6.09 Å². The standard InChI is InChI=1S/C14H11ClN8O2/c1-21(14(24)25)7-4-22(5-7)12-13-20-17-6-23(13)10-2-8(15)9(3-16)18-11(10)19-12/h2,6-7H,4-5H2,1H3,(H,24,25). The van der Waals surface area contributed by atoms with Crippen LogP contribution < -0.4 is 4.90 Å². The fraction of sp³-hybridized carbons (Fsp3) is 0.286. The number of carbonyl (C=O) groups is 1. The van der Waals surface area contributed by atoms with Gasteiger partial charge in [-0.15, -0.1) is 10.2 Å². The van der Waals surface area contributed by atoms with Gasteiger partial charge in [0.2, 0.25) is 5.65 Å². The van der Waals surface area contributed by atoms with Gasteiger partial charge in [0.05, 0.1) is 16.6 Å². The molecule has 3 aromatic rings. The first-order chi connectivity index (χ1) is 12.0. The summed E-state index contributed by atoms with van der Waals surface area (Å²) in [6.45, 7) is 0.977. The molecule has 1 fully saturated rings. The van der Waals surface area contributed by atoms with E-state index in [2.05, 4.69) is 20.2 Å². The second kappa shape index (κ2) is 5.42. The van der Waals surface area contributed by atoms with E-state index in [-0.39, 0.29) is 16.8 Å². The topological polar surface area (TPSA) is 124 Å². The summed E-state index contributed by atoms with van der Waals surface area (Å²) in [6, 6.07) is 3.42. The zero-order valence-corrected chi connectivity index (χ0v) is 13.7. The maximum absolute atomic E-state index is 11.0. The lowest BCUT2D eigenvalue weighted by Crippen LogP contribution is -2.60. The molecule has 0 radical (unpaired) electrons. The van der Waals surface area contributed by atoms with Gasteiger partial charge in [-0.3, -0.25) is 4.40 Å². The number of anilines is 1. The van der Waals surface area contributed by atoms with Crippen molar-refractivity contribution >= 4 is 40.3 Å². The molecule has 0 aliphatic carbocycles. The highest BCUT2D eigenvalue weighted by Crippen LogP contribution is 2.29. The number of halogens is 1. The minimum atomic E-state index is -0.973. The van der Waals surface area contributed by atoms with Crippen LogP contribution in [0.25, 0.3) is 16.8 Å². The molecule has 25 heavy (non-hydrogen) atoms. The molecule has 0 atom stereocenters. The number of hydrogen-bond donors (Lipinski definition) is 1. The lowest BCUT2D eigenvalue weighted by Gasteiger charge is -2.43. The molecule has 3 aromatic heterocycles. The predicted octanol–water partition coefficient (Wildman–Crippen LogP) is 0.996. The first kappa shape index (κ1) is 15.3. The number of likely N-dealkylation sites (N-methyl/N-ethyl adjacent to an activating group) is 1. The Labute approximate surface area is 145 Å². The van der Waals surface area contributed by atoms with E-state index in [1.165, 1.54) is 18.3 Å². The van der Waals surface area contributed by atoms with Crippen molar-refractivity contribution in [3.63, 3.8) is 0 Å². The van der Waals surface area contributed by atoms with Gasteiger partial charge < -0.3 is 14.9 Å². The van der Waals surface area contributed by atoms with Crippen LogP contribution in [0.3, 0.4) is 0 Å². The summed E-state index contributed by atoms with van der Waals surface area (Å²) in [5.74, 6) is 0.541. The van der Waals surface area contributed by atoms with Gasteiger partial charge in [0.25, 0.3) is 0 Å². The van der Waals surface area contributed by atoms with Crippen molar-refractivity contribution < 1.29 is 9.90 Å². The molecule has 4 heterocycles. The van der Waals surface area contributed by atoms with Gasteiger partial charge in [-0.05, 0) is 6.07 Å². The van der Waals surface area contributed by atoms with Gasteiger partial charge in [-0.25, -0.2) is 14.8 Å². The van der Waals surface area contributed by atoms with E-state index in [0.29, 0.717) is 35.7 Å². The molecular formula is C14H11ClN8O2. The molecule has 0 unspecified atom stereocenters. The Morgan fingerprint density at radius 1 is 1.48 bits per heavy atom. The number of amides is 1. The molecule has 1 saturated heterocycles. The molecule has 1 aliphatic rings. The zero-order chi connectivity index (χ0) is 17.7. The van der Waals surface area contributed by atoms with Crippen LogP contribution in [0.2, 0.25) is 5.02 Å². The lowest BCUT2D eigenvalue weighted by atomic mass is 10.1. The molecule has 1 amide bonds. The molecule has 0 saturated carbocycles. The third kappa shape index (κ3) is 2.28. The Balaban J connectivity index is 1.79. The van der Waals surface area contributed by atoms with Crippen molar-refractivity contribution in [3.05, 3.63) is 23.1 Å². The van der Waals surface area contributed by atoms with Crippen LogP contribution >= 0.6 is 11.6 Å². The average molecular weight is 359 g/mol. The maximum atomic E-state index is 11.0. The van der Waals surface area contributed by atoms with Crippen LogP contribution in [0.1, 0.15) is 5.69 Å². The summed E-state index contributed by atoms with van der Waals surface area (Å²) < 4.78 is 1.70. The van der Waals surface area contributed by atoms with Crippen LogP contribution in [0, 0.1) is 11.3 Å². The van der Waals surface area contributed by atoms with E-state index in [1.807, 2.05) is 11.0 Å². The Morgan fingerprint density at radius 2 is 2.24 bits per heavy atom. The summed E-state index contributed by atoms with van der Waals surface area (Å²) in [6.07, 6.45) is 0.548. The van der Waals surface area contributed by atoms with Crippen molar-refractivity contribution in [2.24, 2.45) is 0 Å². The van der Waals surface area contributed by atoms with Crippen molar-refractivity contribution in [2.45, 2.75) is 6.04 Å². The first-order valence-electron chi connectivity index (χ1n) is 7.30. The quantitative estimate of drug-likeness (QED) is 0.719. The Morgan fingerprint density at radius 3 is 2.92 bits per heavy atom. The second-order valence-corrected chi connectivity index (χ2v) is 6.09. The van der Waals surface area contributed by atoms with Crippen molar-refractivity contribution in [3.8, 4) is 6.07 Å². The van der Waals surface area contributed by atoms with Crippen molar-refractivity contribution in [1.82, 2.24) is 29.5 Å². The highest BCUT2D eigenvalue weighted by atomic mass is 35.5. The van der Waals surface area contributed by atoms with Gasteiger partial charge >= 0.3 is 6.09 Å². The van der Waals surface area contributed by atoms with Gasteiger partial charge in [0.1, 0.15) is 12.4 Å². The van der Waals surface area contributed by atoms with Crippen LogP contribution in [-0.4, -0.2) is 66.8 Å². The molecule has 126 valence electrons. The highest BCUT2D eigenvalue weighted by Gasteiger charge is 2.35. The van der Waals surface area contributed by atoms with E-state index in [0.717, 1.165) is 0 Å². The van der Waals surface area contributed by atoms with Crippen molar-refractivity contribution in [1.29, 1.82) is 5.26 Å². The SMILES string of the molecule is CN(C(=O)O)C1CN(c2nc3nc(C#N)c(Cl)cc3n3cnnc23)C1. The number of fused-ring (bicyclic) bond motifs is 3. The number of hydrogen-bond acceptors (Lipinski definition) is 7. The first-order valence-corrected chi connectivity index (χ1v) is 7.68.